The predicted octanol–water partition coefficient (Wildman–Crippen LogP) is 4.05. The molecule has 0 N–H and O–H groups in total. The Hall–Kier alpha value is -2.64. The topological polar surface area (TPSA) is 36.4 Å². The van der Waals surface area contributed by atoms with Crippen molar-refractivity contribution in [1.29, 1.82) is 0 Å². The molecule has 7 heteroatoms. The molecule has 0 aliphatic carbocycles. The number of aromatic nitrogens is 1. The third kappa shape index (κ3) is 4.26. The second-order valence-corrected chi connectivity index (χ2v) is 7.65. The van der Waals surface area contributed by atoms with Crippen molar-refractivity contribution in [1.82, 2.24) is 14.8 Å². The predicted molar refractivity (Wildman–Crippen MR) is 105 cm³/mol. The highest BCUT2D eigenvalue weighted by molar-refractivity contribution is 7.09. The first-order valence-electron chi connectivity index (χ1n) is 9.06. The number of hydrogen-bond donors (Lipinski definition) is 0. The molecule has 3 aromatic rings. The van der Waals surface area contributed by atoms with Crippen LogP contribution >= 0.6 is 11.3 Å². The summed E-state index contributed by atoms with van der Waals surface area (Å²) in [6.45, 7) is 3.41. The number of carbonyl (C=O) groups excluding carboxylic acids is 1. The maximum Gasteiger partial charge on any atom is 0.254 e. The van der Waals surface area contributed by atoms with Gasteiger partial charge in [0.2, 0.25) is 0 Å². The first kappa shape index (κ1) is 18.7. The van der Waals surface area contributed by atoms with Gasteiger partial charge in [-0.3, -0.25) is 9.69 Å². The molecule has 28 heavy (non-hydrogen) atoms. The van der Waals surface area contributed by atoms with Crippen molar-refractivity contribution in [3.8, 4) is 11.3 Å². The Morgan fingerprint density at radius 1 is 1.00 bits per heavy atom. The van der Waals surface area contributed by atoms with Crippen molar-refractivity contribution in [3.05, 3.63) is 76.1 Å². The molecule has 2 heterocycles. The third-order valence-electron chi connectivity index (χ3n) is 4.78. The average Bonchev–Trinajstić information content (AvgIpc) is 3.17. The number of thiazole rings is 1. The number of nitrogens with zero attached hydrogens (tertiary/aromatic N) is 3. The quantitative estimate of drug-likeness (QED) is 0.664. The molecule has 4 nitrogen and oxygen atoms in total. The lowest BCUT2D eigenvalue weighted by atomic mass is 10.1. The van der Waals surface area contributed by atoms with Crippen LogP contribution in [-0.4, -0.2) is 46.9 Å². The molecule has 1 aromatic heterocycles. The molecule has 1 fully saturated rings. The summed E-state index contributed by atoms with van der Waals surface area (Å²) < 4.78 is 26.4. The minimum Gasteiger partial charge on any atom is -0.336 e. The van der Waals surface area contributed by atoms with E-state index in [1.54, 1.807) is 40.5 Å². The standard InChI is InChI=1S/C21H19F2N3OS/c22-17-6-4-15(5-7-17)19-14-28-20(24-19)13-25-8-10-26(11-9-25)21(27)16-2-1-3-18(23)12-16/h1-7,12,14H,8-11,13H2. The van der Waals surface area contributed by atoms with Crippen LogP contribution in [0.2, 0.25) is 0 Å². The van der Waals surface area contributed by atoms with Gasteiger partial charge in [-0.25, -0.2) is 13.8 Å². The van der Waals surface area contributed by atoms with Crippen molar-refractivity contribution in [3.63, 3.8) is 0 Å². The van der Waals surface area contributed by atoms with E-state index in [-0.39, 0.29) is 11.7 Å². The lowest BCUT2D eigenvalue weighted by molar-refractivity contribution is 0.0628. The average molecular weight is 399 g/mol. The minimum absolute atomic E-state index is 0.132. The fourth-order valence-electron chi connectivity index (χ4n) is 3.24. The first-order chi connectivity index (χ1) is 13.6. The zero-order valence-electron chi connectivity index (χ0n) is 15.1. The summed E-state index contributed by atoms with van der Waals surface area (Å²) in [5, 5.41) is 2.97. The van der Waals surface area contributed by atoms with E-state index < -0.39 is 5.82 Å². The van der Waals surface area contributed by atoms with Gasteiger partial charge in [-0.2, -0.15) is 0 Å². The minimum atomic E-state index is -0.398. The van der Waals surface area contributed by atoms with Crippen molar-refractivity contribution in [2.75, 3.05) is 26.2 Å². The number of rotatable bonds is 4. The molecule has 144 valence electrons. The Morgan fingerprint density at radius 3 is 2.46 bits per heavy atom. The SMILES string of the molecule is O=C(c1cccc(F)c1)N1CCN(Cc2nc(-c3ccc(F)cc3)cs2)CC1. The van der Waals surface area contributed by atoms with E-state index >= 15 is 0 Å². The van der Waals surface area contributed by atoms with Gasteiger partial charge in [-0.1, -0.05) is 6.07 Å². The van der Waals surface area contributed by atoms with E-state index in [9.17, 15) is 13.6 Å². The summed E-state index contributed by atoms with van der Waals surface area (Å²) in [4.78, 5) is 21.2. The van der Waals surface area contributed by atoms with Crippen molar-refractivity contribution in [2.24, 2.45) is 0 Å². The van der Waals surface area contributed by atoms with Crippen LogP contribution in [0.3, 0.4) is 0 Å². The van der Waals surface area contributed by atoms with Crippen molar-refractivity contribution < 1.29 is 13.6 Å². The van der Waals surface area contributed by atoms with Gasteiger partial charge in [0.05, 0.1) is 12.2 Å². The van der Waals surface area contributed by atoms with Gasteiger partial charge in [0.1, 0.15) is 16.6 Å². The molecule has 1 amide bonds. The van der Waals surface area contributed by atoms with Crippen LogP contribution in [0, 0.1) is 11.6 Å². The molecule has 0 bridgehead atoms. The number of benzene rings is 2. The van der Waals surface area contributed by atoms with E-state index in [0.29, 0.717) is 25.2 Å². The Balaban J connectivity index is 1.33. The molecule has 0 atom stereocenters. The summed E-state index contributed by atoms with van der Waals surface area (Å²) in [6.07, 6.45) is 0. The van der Waals surface area contributed by atoms with Gasteiger partial charge in [0.15, 0.2) is 0 Å². The van der Waals surface area contributed by atoms with Gasteiger partial charge >= 0.3 is 0 Å². The summed E-state index contributed by atoms with van der Waals surface area (Å²) in [6, 6.07) is 12.1. The van der Waals surface area contributed by atoms with Crippen molar-refractivity contribution in [2.45, 2.75) is 6.54 Å². The lowest BCUT2D eigenvalue weighted by Gasteiger charge is -2.34. The Labute approximate surface area is 166 Å². The highest BCUT2D eigenvalue weighted by atomic mass is 32.1. The van der Waals surface area contributed by atoms with Crippen LogP contribution in [0.5, 0.6) is 0 Å². The monoisotopic (exact) mass is 399 g/mol. The molecule has 0 spiro atoms. The summed E-state index contributed by atoms with van der Waals surface area (Å²) in [7, 11) is 0. The third-order valence-corrected chi connectivity index (χ3v) is 5.62. The largest absolute Gasteiger partial charge is 0.336 e. The highest BCUT2D eigenvalue weighted by Gasteiger charge is 2.23. The molecule has 0 radical (unpaired) electrons. The number of piperazine rings is 1. The highest BCUT2D eigenvalue weighted by Crippen LogP contribution is 2.23. The smallest absolute Gasteiger partial charge is 0.254 e. The van der Waals surface area contributed by atoms with E-state index in [4.69, 9.17) is 0 Å². The number of halogens is 2. The maximum absolute atomic E-state index is 13.3. The van der Waals surface area contributed by atoms with Gasteiger partial charge in [-0.15, -0.1) is 11.3 Å². The van der Waals surface area contributed by atoms with E-state index in [1.165, 1.54) is 24.3 Å². The first-order valence-corrected chi connectivity index (χ1v) is 9.94. The van der Waals surface area contributed by atoms with Crippen LogP contribution < -0.4 is 0 Å². The van der Waals surface area contributed by atoms with E-state index in [1.807, 2.05) is 5.38 Å². The van der Waals surface area contributed by atoms with Crippen LogP contribution in [0.4, 0.5) is 8.78 Å². The second-order valence-electron chi connectivity index (χ2n) is 6.71. The number of carbonyl (C=O) groups is 1. The zero-order valence-corrected chi connectivity index (χ0v) is 16.0. The molecule has 1 saturated heterocycles. The van der Waals surface area contributed by atoms with E-state index in [0.717, 1.165) is 29.4 Å². The lowest BCUT2D eigenvalue weighted by Crippen LogP contribution is -2.48. The molecule has 1 aliphatic rings. The summed E-state index contributed by atoms with van der Waals surface area (Å²) in [5.41, 5.74) is 2.13. The number of hydrogen-bond acceptors (Lipinski definition) is 4. The summed E-state index contributed by atoms with van der Waals surface area (Å²) >= 11 is 1.58. The number of amides is 1. The van der Waals surface area contributed by atoms with Gasteiger partial charge in [0, 0.05) is 42.7 Å². The Morgan fingerprint density at radius 2 is 1.75 bits per heavy atom. The molecule has 4 rings (SSSR count). The normalized spacial score (nSPS) is 15.0. The molecule has 1 aliphatic heterocycles. The van der Waals surface area contributed by atoms with E-state index in [2.05, 4.69) is 9.88 Å². The molecule has 2 aromatic carbocycles. The van der Waals surface area contributed by atoms with Crippen LogP contribution in [-0.2, 0) is 6.54 Å². The molecule has 0 unspecified atom stereocenters. The molecular formula is C21H19F2N3OS. The van der Waals surface area contributed by atoms with Crippen LogP contribution in [0.1, 0.15) is 15.4 Å². The van der Waals surface area contributed by atoms with Crippen molar-refractivity contribution >= 4 is 17.2 Å². The zero-order chi connectivity index (χ0) is 19.5. The Bertz CT molecular complexity index is 966. The van der Waals surface area contributed by atoms with Gasteiger partial charge in [-0.05, 0) is 42.5 Å². The fourth-order valence-corrected chi connectivity index (χ4v) is 4.09. The van der Waals surface area contributed by atoms with Crippen LogP contribution in [0.25, 0.3) is 11.3 Å². The fraction of sp³-hybridized carbons (Fsp3) is 0.238. The second kappa shape index (κ2) is 8.16. The molecular weight excluding hydrogens is 380 g/mol. The van der Waals surface area contributed by atoms with Crippen LogP contribution in [0.15, 0.2) is 53.9 Å². The maximum atomic E-state index is 13.3. The molecule has 0 saturated carbocycles. The van der Waals surface area contributed by atoms with Gasteiger partial charge < -0.3 is 4.90 Å². The summed E-state index contributed by atoms with van der Waals surface area (Å²) in [5.74, 6) is -0.790. The Kier molecular flexibility index (Phi) is 5.45. The van der Waals surface area contributed by atoms with Gasteiger partial charge in [0.25, 0.3) is 5.91 Å².